The number of rotatable bonds is 4. The molecule has 1 aliphatic carbocycles. The second-order valence-electron chi connectivity index (χ2n) is 7.14. The van der Waals surface area contributed by atoms with E-state index in [0.29, 0.717) is 11.2 Å². The molecule has 0 aliphatic heterocycles. The van der Waals surface area contributed by atoms with Crippen LogP contribution in [0.2, 0.25) is 0 Å². The van der Waals surface area contributed by atoms with E-state index in [1.807, 2.05) is 0 Å². The lowest BCUT2D eigenvalue weighted by molar-refractivity contribution is -0.135. The Bertz CT molecular complexity index is 508. The number of ether oxygens (including phenoxy) is 1. The first-order valence-corrected chi connectivity index (χ1v) is 7.44. The molecular formula is C17H24FNO2. The summed E-state index contributed by atoms with van der Waals surface area (Å²) in [6, 6.07) is 5.92. The van der Waals surface area contributed by atoms with Crippen LogP contribution in [-0.4, -0.2) is 17.6 Å². The quantitative estimate of drug-likeness (QED) is 0.919. The summed E-state index contributed by atoms with van der Waals surface area (Å²) in [5.41, 5.74) is -0.690. The molecule has 1 saturated carbocycles. The molecule has 1 atom stereocenters. The van der Waals surface area contributed by atoms with Crippen molar-refractivity contribution >= 4 is 5.91 Å². The van der Waals surface area contributed by atoms with Crippen LogP contribution in [0.15, 0.2) is 24.3 Å². The van der Waals surface area contributed by atoms with E-state index in [0.717, 1.165) is 19.3 Å². The molecule has 0 bridgehead atoms. The fourth-order valence-electron chi connectivity index (χ4n) is 2.76. The molecule has 1 N–H and O–H groups in total. The Morgan fingerprint density at radius 2 is 1.95 bits per heavy atom. The number of carbonyl (C=O) groups is 1. The molecule has 1 aromatic carbocycles. The third-order valence-electron chi connectivity index (χ3n) is 4.04. The Morgan fingerprint density at radius 3 is 2.48 bits per heavy atom. The molecule has 3 nitrogen and oxygen atoms in total. The largest absolute Gasteiger partial charge is 0.478 e. The van der Waals surface area contributed by atoms with Gasteiger partial charge in [-0.1, -0.05) is 13.8 Å². The topological polar surface area (TPSA) is 38.3 Å². The molecule has 0 saturated heterocycles. The fourth-order valence-corrected chi connectivity index (χ4v) is 2.76. The minimum absolute atomic E-state index is 0.130. The molecule has 21 heavy (non-hydrogen) atoms. The highest BCUT2D eigenvalue weighted by atomic mass is 19.1. The lowest BCUT2D eigenvalue weighted by Gasteiger charge is -2.27. The highest BCUT2D eigenvalue weighted by Gasteiger charge is 2.36. The van der Waals surface area contributed by atoms with E-state index in [2.05, 4.69) is 19.2 Å². The van der Waals surface area contributed by atoms with E-state index in [1.165, 1.54) is 24.3 Å². The molecule has 4 heteroatoms. The van der Waals surface area contributed by atoms with Crippen molar-refractivity contribution in [2.45, 2.75) is 58.6 Å². The molecule has 1 fully saturated rings. The van der Waals surface area contributed by atoms with E-state index in [1.54, 1.807) is 13.8 Å². The van der Waals surface area contributed by atoms with Gasteiger partial charge in [-0.15, -0.1) is 0 Å². The number of halogens is 1. The summed E-state index contributed by atoms with van der Waals surface area (Å²) in [5, 5.41) is 3.07. The summed E-state index contributed by atoms with van der Waals surface area (Å²) in [7, 11) is 0. The van der Waals surface area contributed by atoms with E-state index < -0.39 is 5.60 Å². The summed E-state index contributed by atoms with van der Waals surface area (Å²) in [5.74, 6) is 0.0376. The number of nitrogens with one attached hydrogen (secondary N) is 1. The van der Waals surface area contributed by atoms with Crippen LogP contribution < -0.4 is 10.1 Å². The smallest absolute Gasteiger partial charge is 0.263 e. The SMILES string of the molecule is CC1(C)CCC(NC(=O)C(C)(C)Oc2ccc(F)cc2)C1. The zero-order valence-corrected chi connectivity index (χ0v) is 13.2. The normalized spacial score (nSPS) is 21.1. The summed E-state index contributed by atoms with van der Waals surface area (Å²) in [6.45, 7) is 7.90. The maximum Gasteiger partial charge on any atom is 0.263 e. The maximum absolute atomic E-state index is 12.9. The molecule has 0 heterocycles. The molecule has 0 spiro atoms. The summed E-state index contributed by atoms with van der Waals surface area (Å²) >= 11 is 0. The maximum atomic E-state index is 12.9. The van der Waals surface area contributed by atoms with Gasteiger partial charge >= 0.3 is 0 Å². The molecule has 116 valence electrons. The highest BCUT2D eigenvalue weighted by Crippen LogP contribution is 2.37. The van der Waals surface area contributed by atoms with Gasteiger partial charge < -0.3 is 10.1 Å². The van der Waals surface area contributed by atoms with Crippen molar-refractivity contribution in [2.24, 2.45) is 5.41 Å². The molecule has 0 aromatic heterocycles. The van der Waals surface area contributed by atoms with Gasteiger partial charge in [0.05, 0.1) is 0 Å². The van der Waals surface area contributed by atoms with E-state index in [9.17, 15) is 9.18 Å². The summed E-state index contributed by atoms with van der Waals surface area (Å²) in [6.07, 6.45) is 3.12. The number of benzene rings is 1. The predicted molar refractivity (Wildman–Crippen MR) is 80.7 cm³/mol. The van der Waals surface area contributed by atoms with Crippen molar-refractivity contribution in [1.29, 1.82) is 0 Å². The van der Waals surface area contributed by atoms with Crippen molar-refractivity contribution in [3.8, 4) is 5.75 Å². The number of hydrogen-bond acceptors (Lipinski definition) is 2. The van der Waals surface area contributed by atoms with Crippen LogP contribution in [0.4, 0.5) is 4.39 Å². The van der Waals surface area contributed by atoms with Crippen molar-refractivity contribution in [2.75, 3.05) is 0 Å². The van der Waals surface area contributed by atoms with Crippen LogP contribution in [0.5, 0.6) is 5.75 Å². The lowest BCUT2D eigenvalue weighted by Crippen LogP contribution is -2.49. The predicted octanol–water partition coefficient (Wildman–Crippen LogP) is 3.68. The third kappa shape index (κ3) is 4.19. The Morgan fingerprint density at radius 1 is 1.33 bits per heavy atom. The van der Waals surface area contributed by atoms with Crippen LogP contribution in [0, 0.1) is 11.2 Å². The minimum atomic E-state index is -0.982. The second kappa shape index (κ2) is 5.66. The van der Waals surface area contributed by atoms with Crippen molar-refractivity contribution < 1.29 is 13.9 Å². The van der Waals surface area contributed by atoms with Crippen LogP contribution in [0.25, 0.3) is 0 Å². The second-order valence-corrected chi connectivity index (χ2v) is 7.14. The molecule has 1 unspecified atom stereocenters. The van der Waals surface area contributed by atoms with Crippen LogP contribution in [0.1, 0.15) is 47.0 Å². The Labute approximate surface area is 125 Å². The molecular weight excluding hydrogens is 269 g/mol. The Kier molecular flexibility index (Phi) is 4.26. The number of amides is 1. The molecule has 2 rings (SSSR count). The standard InChI is InChI=1S/C17H24FNO2/c1-16(2)10-9-13(11-16)19-15(20)17(3,4)21-14-7-5-12(18)6-8-14/h5-8,13H,9-11H2,1-4H3,(H,19,20). The van der Waals surface area contributed by atoms with Gasteiger partial charge in [0, 0.05) is 6.04 Å². The first-order chi connectivity index (χ1) is 9.68. The number of carbonyl (C=O) groups excluding carboxylic acids is 1. The average molecular weight is 293 g/mol. The summed E-state index contributed by atoms with van der Waals surface area (Å²) < 4.78 is 18.6. The van der Waals surface area contributed by atoms with E-state index in [-0.39, 0.29) is 17.8 Å². The lowest BCUT2D eigenvalue weighted by atomic mass is 9.92. The summed E-state index contributed by atoms with van der Waals surface area (Å²) in [4.78, 5) is 12.4. The first-order valence-electron chi connectivity index (χ1n) is 7.44. The van der Waals surface area contributed by atoms with Crippen LogP contribution in [-0.2, 0) is 4.79 Å². The minimum Gasteiger partial charge on any atom is -0.478 e. The molecule has 1 amide bonds. The van der Waals surface area contributed by atoms with Gasteiger partial charge in [0.25, 0.3) is 5.91 Å². The van der Waals surface area contributed by atoms with Crippen LogP contribution in [0.3, 0.4) is 0 Å². The zero-order valence-electron chi connectivity index (χ0n) is 13.2. The van der Waals surface area contributed by atoms with Crippen molar-refractivity contribution in [1.82, 2.24) is 5.32 Å². The fraction of sp³-hybridized carbons (Fsp3) is 0.588. The van der Waals surface area contributed by atoms with Gasteiger partial charge in [-0.05, 0) is 62.8 Å². The third-order valence-corrected chi connectivity index (χ3v) is 4.04. The van der Waals surface area contributed by atoms with Gasteiger partial charge in [-0.2, -0.15) is 0 Å². The monoisotopic (exact) mass is 293 g/mol. The van der Waals surface area contributed by atoms with Crippen LogP contribution >= 0.6 is 0 Å². The van der Waals surface area contributed by atoms with E-state index >= 15 is 0 Å². The number of hydrogen-bond donors (Lipinski definition) is 1. The average Bonchev–Trinajstić information content (AvgIpc) is 2.71. The van der Waals surface area contributed by atoms with Crippen molar-refractivity contribution in [3.05, 3.63) is 30.1 Å². The zero-order chi connectivity index (χ0) is 15.7. The molecule has 1 aromatic rings. The molecule has 1 aliphatic rings. The van der Waals surface area contributed by atoms with Gasteiger partial charge in [0.1, 0.15) is 11.6 Å². The van der Waals surface area contributed by atoms with Gasteiger partial charge in [0.15, 0.2) is 5.60 Å². The van der Waals surface area contributed by atoms with Crippen molar-refractivity contribution in [3.63, 3.8) is 0 Å². The molecule has 0 radical (unpaired) electrons. The van der Waals surface area contributed by atoms with E-state index in [4.69, 9.17) is 4.74 Å². The Hall–Kier alpha value is -1.58. The first kappa shape index (κ1) is 15.8. The van der Waals surface area contributed by atoms with Gasteiger partial charge in [0.2, 0.25) is 0 Å². The van der Waals surface area contributed by atoms with Gasteiger partial charge in [-0.25, -0.2) is 4.39 Å². The highest BCUT2D eigenvalue weighted by molar-refractivity contribution is 5.85. The van der Waals surface area contributed by atoms with Gasteiger partial charge in [-0.3, -0.25) is 4.79 Å². The Balaban J connectivity index is 1.95.